The zero-order chi connectivity index (χ0) is 14.6. The van der Waals surface area contributed by atoms with Gasteiger partial charge in [0.15, 0.2) is 9.84 Å². The second kappa shape index (κ2) is 6.52. The van der Waals surface area contributed by atoms with Crippen molar-refractivity contribution in [3.8, 4) is 0 Å². The highest BCUT2D eigenvalue weighted by Crippen LogP contribution is 2.16. The molecule has 1 aromatic carbocycles. The molecule has 2 rings (SSSR count). The highest BCUT2D eigenvalue weighted by atomic mass is 32.2. The Morgan fingerprint density at radius 1 is 1.20 bits per heavy atom. The lowest BCUT2D eigenvalue weighted by Gasteiger charge is -2.14. The molecule has 0 spiro atoms. The van der Waals surface area contributed by atoms with Gasteiger partial charge in [0.05, 0.1) is 4.90 Å². The fraction of sp³-hybridized carbons (Fsp3) is 0.333. The van der Waals surface area contributed by atoms with Gasteiger partial charge in [-0.15, -0.1) is 0 Å². The van der Waals surface area contributed by atoms with Gasteiger partial charge in [-0.1, -0.05) is 12.1 Å². The maximum Gasteiger partial charge on any atom is 0.175 e. The molecule has 1 aromatic heterocycles. The average molecular weight is 309 g/mol. The van der Waals surface area contributed by atoms with E-state index in [1.807, 2.05) is 12.1 Å². The van der Waals surface area contributed by atoms with Gasteiger partial charge in [0.25, 0.3) is 0 Å². The van der Waals surface area contributed by atoms with Crippen molar-refractivity contribution in [3.63, 3.8) is 0 Å². The lowest BCUT2D eigenvalue weighted by Crippen LogP contribution is -2.21. The molecule has 1 atom stereocenters. The summed E-state index contributed by atoms with van der Waals surface area (Å²) in [6, 6.07) is 9.43. The Balaban J connectivity index is 1.90. The van der Waals surface area contributed by atoms with Crippen LogP contribution in [0.2, 0.25) is 0 Å². The summed E-state index contributed by atoms with van der Waals surface area (Å²) in [5.41, 5.74) is 2.45. The number of hydrogen-bond acceptors (Lipinski definition) is 4. The van der Waals surface area contributed by atoms with Gasteiger partial charge in [0.2, 0.25) is 0 Å². The summed E-state index contributed by atoms with van der Waals surface area (Å²) >= 11 is 1.71. The normalized spacial score (nSPS) is 13.3. The molecule has 0 bridgehead atoms. The van der Waals surface area contributed by atoms with Gasteiger partial charge in [-0.25, -0.2) is 8.42 Å². The van der Waals surface area contributed by atoms with Crippen LogP contribution in [0.1, 0.15) is 24.1 Å². The highest BCUT2D eigenvalue weighted by Gasteiger charge is 2.09. The molecule has 0 aliphatic carbocycles. The first-order valence-corrected chi connectivity index (χ1v) is 9.35. The Morgan fingerprint density at radius 2 is 1.90 bits per heavy atom. The summed E-state index contributed by atoms with van der Waals surface area (Å²) in [5, 5.41) is 7.70. The van der Waals surface area contributed by atoms with E-state index in [9.17, 15) is 8.42 Å². The maximum atomic E-state index is 11.4. The summed E-state index contributed by atoms with van der Waals surface area (Å²) in [4.78, 5) is 0.367. The van der Waals surface area contributed by atoms with E-state index in [2.05, 4.69) is 29.1 Å². The van der Waals surface area contributed by atoms with E-state index in [0.29, 0.717) is 4.90 Å². The van der Waals surface area contributed by atoms with Crippen LogP contribution in [0.3, 0.4) is 0 Å². The molecule has 1 heterocycles. The van der Waals surface area contributed by atoms with Crippen LogP contribution in [0.5, 0.6) is 0 Å². The molecule has 0 saturated carbocycles. The Kier molecular flexibility index (Phi) is 4.96. The first-order valence-electron chi connectivity index (χ1n) is 6.51. The zero-order valence-corrected chi connectivity index (χ0v) is 13.3. The van der Waals surface area contributed by atoms with Gasteiger partial charge in [0.1, 0.15) is 0 Å². The smallest absolute Gasteiger partial charge is 0.175 e. The van der Waals surface area contributed by atoms with Crippen molar-refractivity contribution in [1.82, 2.24) is 5.32 Å². The minimum absolute atomic E-state index is 0.210. The third-order valence-corrected chi connectivity index (χ3v) is 5.11. The van der Waals surface area contributed by atoms with E-state index in [0.717, 1.165) is 18.5 Å². The largest absolute Gasteiger partial charge is 0.310 e. The molecule has 20 heavy (non-hydrogen) atoms. The molecule has 0 saturated heterocycles. The number of rotatable bonds is 6. The monoisotopic (exact) mass is 309 g/mol. The lowest BCUT2D eigenvalue weighted by molar-refractivity contribution is 0.576. The van der Waals surface area contributed by atoms with Crippen LogP contribution in [-0.4, -0.2) is 21.2 Å². The van der Waals surface area contributed by atoms with Crippen LogP contribution < -0.4 is 5.32 Å². The topological polar surface area (TPSA) is 46.2 Å². The molecule has 5 heteroatoms. The van der Waals surface area contributed by atoms with Crippen LogP contribution in [-0.2, 0) is 16.3 Å². The van der Waals surface area contributed by atoms with E-state index in [1.165, 1.54) is 11.8 Å². The predicted molar refractivity (Wildman–Crippen MR) is 84.0 cm³/mol. The van der Waals surface area contributed by atoms with Gasteiger partial charge in [-0.05, 0) is 60.0 Å². The Hall–Kier alpha value is -1.17. The molecule has 0 fully saturated rings. The molecular formula is C15H19NO2S2. The summed E-state index contributed by atoms with van der Waals surface area (Å²) in [5.74, 6) is 0. The molecule has 2 aromatic rings. The molecule has 1 N–H and O–H groups in total. The first kappa shape index (κ1) is 15.2. The zero-order valence-electron chi connectivity index (χ0n) is 11.7. The lowest BCUT2D eigenvalue weighted by atomic mass is 10.1. The van der Waals surface area contributed by atoms with E-state index >= 15 is 0 Å². The summed E-state index contributed by atoms with van der Waals surface area (Å²) in [6.45, 7) is 2.99. The van der Waals surface area contributed by atoms with Gasteiger partial charge in [-0.2, -0.15) is 11.3 Å². The first-order chi connectivity index (χ1) is 9.47. The molecular weight excluding hydrogens is 290 g/mol. The third kappa shape index (κ3) is 4.16. The van der Waals surface area contributed by atoms with Crippen LogP contribution in [0, 0.1) is 0 Å². The fourth-order valence-electron chi connectivity index (χ4n) is 1.99. The number of hydrogen-bond donors (Lipinski definition) is 1. The summed E-state index contributed by atoms with van der Waals surface area (Å²) in [6.07, 6.45) is 2.24. The van der Waals surface area contributed by atoms with Crippen LogP contribution in [0.15, 0.2) is 46.0 Å². The number of thiophene rings is 1. The molecule has 108 valence electrons. The molecule has 1 unspecified atom stereocenters. The van der Waals surface area contributed by atoms with Gasteiger partial charge < -0.3 is 5.32 Å². The second-order valence-corrected chi connectivity index (χ2v) is 7.69. The van der Waals surface area contributed by atoms with Crippen molar-refractivity contribution in [2.24, 2.45) is 0 Å². The molecule has 0 radical (unpaired) electrons. The Labute approximate surface area is 124 Å². The van der Waals surface area contributed by atoms with Gasteiger partial charge in [0, 0.05) is 12.3 Å². The third-order valence-electron chi connectivity index (χ3n) is 3.25. The van der Waals surface area contributed by atoms with Crippen molar-refractivity contribution in [2.45, 2.75) is 24.3 Å². The van der Waals surface area contributed by atoms with Gasteiger partial charge in [-0.3, -0.25) is 0 Å². The van der Waals surface area contributed by atoms with Gasteiger partial charge >= 0.3 is 0 Å². The highest BCUT2D eigenvalue weighted by molar-refractivity contribution is 7.90. The fourth-order valence-corrected chi connectivity index (χ4v) is 3.32. The number of sulfone groups is 1. The van der Waals surface area contributed by atoms with E-state index in [1.54, 1.807) is 23.5 Å². The minimum atomic E-state index is -3.11. The van der Waals surface area contributed by atoms with Crippen LogP contribution in [0.25, 0.3) is 0 Å². The molecule has 0 amide bonds. The van der Waals surface area contributed by atoms with Crippen molar-refractivity contribution < 1.29 is 8.42 Å². The van der Waals surface area contributed by atoms with Crippen molar-refractivity contribution >= 4 is 21.2 Å². The van der Waals surface area contributed by atoms with Crippen LogP contribution in [0.4, 0.5) is 0 Å². The maximum absolute atomic E-state index is 11.4. The van der Waals surface area contributed by atoms with E-state index < -0.39 is 9.84 Å². The Morgan fingerprint density at radius 3 is 2.45 bits per heavy atom. The standard InChI is InChI=1S/C15H19NO2S2/c1-12(16-9-7-13-8-10-19-11-13)14-3-5-15(6-4-14)20(2,17)18/h3-6,8,10-12,16H,7,9H2,1-2H3. The quantitative estimate of drug-likeness (QED) is 0.892. The van der Waals surface area contributed by atoms with E-state index in [4.69, 9.17) is 0 Å². The SMILES string of the molecule is CC(NCCc1ccsc1)c1ccc(S(C)(=O)=O)cc1. The van der Waals surface area contributed by atoms with E-state index in [-0.39, 0.29) is 6.04 Å². The van der Waals surface area contributed by atoms with Crippen molar-refractivity contribution in [3.05, 3.63) is 52.2 Å². The number of benzene rings is 1. The summed E-state index contributed by atoms with van der Waals surface area (Å²) < 4.78 is 22.8. The molecule has 0 aliphatic heterocycles. The molecule has 0 aliphatic rings. The Bertz CT molecular complexity index is 631. The predicted octanol–water partition coefficient (Wildman–Crippen LogP) is 3.04. The van der Waals surface area contributed by atoms with Crippen LogP contribution >= 0.6 is 11.3 Å². The van der Waals surface area contributed by atoms with Crippen molar-refractivity contribution in [2.75, 3.05) is 12.8 Å². The average Bonchev–Trinajstić information content (AvgIpc) is 2.91. The summed E-state index contributed by atoms with van der Waals surface area (Å²) in [7, 11) is -3.11. The molecule has 3 nitrogen and oxygen atoms in total. The number of nitrogens with one attached hydrogen (secondary N) is 1. The second-order valence-electron chi connectivity index (χ2n) is 4.90. The minimum Gasteiger partial charge on any atom is -0.310 e. The van der Waals surface area contributed by atoms with Crippen molar-refractivity contribution in [1.29, 1.82) is 0 Å².